The number of anilines is 1. The summed E-state index contributed by atoms with van der Waals surface area (Å²) >= 11 is 0. The second kappa shape index (κ2) is 10.8. The zero-order valence-corrected chi connectivity index (χ0v) is 17.0. The van der Waals surface area contributed by atoms with Crippen LogP contribution in [-0.2, 0) is 6.54 Å². The van der Waals surface area contributed by atoms with Gasteiger partial charge in [-0.1, -0.05) is 48.0 Å². The molecule has 1 heterocycles. The van der Waals surface area contributed by atoms with E-state index < -0.39 is 0 Å². The number of nitrogens with zero attached hydrogens (tertiary/aromatic N) is 3. The highest BCUT2D eigenvalue weighted by molar-refractivity contribution is 5.92. The second-order valence-electron chi connectivity index (χ2n) is 7.57. The van der Waals surface area contributed by atoms with E-state index in [9.17, 15) is 0 Å². The predicted octanol–water partition coefficient (Wildman–Crippen LogP) is 3.32. The first-order valence-electron chi connectivity index (χ1n) is 10.3. The van der Waals surface area contributed by atoms with Crippen molar-refractivity contribution < 1.29 is 0 Å². The zero-order chi connectivity index (χ0) is 19.6. The fourth-order valence-electron chi connectivity index (χ4n) is 3.48. The molecule has 0 aliphatic carbocycles. The fourth-order valence-corrected chi connectivity index (χ4v) is 3.48. The molecule has 2 aromatic carbocycles. The zero-order valence-electron chi connectivity index (χ0n) is 17.0. The average molecular weight is 380 g/mol. The fraction of sp³-hybridized carbons (Fsp3) is 0.435. The lowest BCUT2D eigenvalue weighted by Crippen LogP contribution is -2.46. The van der Waals surface area contributed by atoms with Gasteiger partial charge in [0.2, 0.25) is 0 Å². The van der Waals surface area contributed by atoms with Gasteiger partial charge in [0, 0.05) is 45.0 Å². The molecule has 0 unspecified atom stereocenters. The molecule has 1 aliphatic rings. The molecule has 3 rings (SSSR count). The van der Waals surface area contributed by atoms with Crippen molar-refractivity contribution in [3.63, 3.8) is 0 Å². The van der Waals surface area contributed by atoms with Crippen molar-refractivity contribution in [2.45, 2.75) is 26.3 Å². The summed E-state index contributed by atoms with van der Waals surface area (Å²) in [5.41, 5.74) is 9.60. The van der Waals surface area contributed by atoms with E-state index in [1.165, 1.54) is 17.5 Å². The first kappa shape index (κ1) is 20.4. The number of unbranched alkanes of at least 4 members (excludes halogenated alkanes) is 1. The molecule has 1 fully saturated rings. The molecule has 3 N–H and O–H groups in total. The standard InChI is InChI=1S/C23H33N5/c1-20-9-11-22(12-10-20)26-23(24)25-13-5-6-14-27-15-17-28(18-16-27)19-21-7-3-2-4-8-21/h2-4,7-12H,5-6,13-19H2,1H3,(H3,24,25,26). The number of nitrogens with one attached hydrogen (secondary N) is 1. The number of piperazine rings is 1. The van der Waals surface area contributed by atoms with Gasteiger partial charge in [0.1, 0.15) is 0 Å². The topological polar surface area (TPSA) is 56.9 Å². The number of aliphatic imine (C=N–C) groups is 1. The van der Waals surface area contributed by atoms with Crippen LogP contribution in [0.25, 0.3) is 0 Å². The number of guanidine groups is 1. The van der Waals surface area contributed by atoms with Crippen molar-refractivity contribution in [3.8, 4) is 0 Å². The third kappa shape index (κ3) is 6.98. The Morgan fingerprint density at radius 2 is 1.61 bits per heavy atom. The van der Waals surface area contributed by atoms with E-state index in [4.69, 9.17) is 5.73 Å². The van der Waals surface area contributed by atoms with Crippen LogP contribution in [0, 0.1) is 6.92 Å². The Balaban J connectivity index is 1.27. The van der Waals surface area contributed by atoms with Crippen molar-refractivity contribution >= 4 is 11.6 Å². The lowest BCUT2D eigenvalue weighted by atomic mass is 10.2. The summed E-state index contributed by atoms with van der Waals surface area (Å²) in [6.45, 7) is 9.70. The van der Waals surface area contributed by atoms with Crippen LogP contribution >= 0.6 is 0 Å². The minimum absolute atomic E-state index is 0.498. The summed E-state index contributed by atoms with van der Waals surface area (Å²) in [5.74, 6) is 0.498. The Morgan fingerprint density at radius 3 is 2.32 bits per heavy atom. The maximum absolute atomic E-state index is 5.97. The maximum atomic E-state index is 5.97. The number of hydrogen-bond donors (Lipinski definition) is 2. The average Bonchev–Trinajstić information content (AvgIpc) is 2.71. The Hall–Kier alpha value is -2.37. The third-order valence-corrected chi connectivity index (χ3v) is 5.20. The van der Waals surface area contributed by atoms with E-state index in [0.29, 0.717) is 5.96 Å². The Kier molecular flexibility index (Phi) is 7.88. The molecule has 0 aromatic heterocycles. The summed E-state index contributed by atoms with van der Waals surface area (Å²) < 4.78 is 0. The van der Waals surface area contributed by atoms with Crippen LogP contribution in [0.3, 0.4) is 0 Å². The van der Waals surface area contributed by atoms with Crippen molar-refractivity contribution in [1.29, 1.82) is 0 Å². The SMILES string of the molecule is Cc1ccc(NC(N)=NCCCCN2CCN(Cc3ccccc3)CC2)cc1. The Morgan fingerprint density at radius 1 is 0.929 bits per heavy atom. The lowest BCUT2D eigenvalue weighted by molar-refractivity contribution is 0.126. The molecule has 0 amide bonds. The highest BCUT2D eigenvalue weighted by Gasteiger charge is 2.16. The molecule has 150 valence electrons. The van der Waals surface area contributed by atoms with Crippen LogP contribution in [0.1, 0.15) is 24.0 Å². The van der Waals surface area contributed by atoms with Gasteiger partial charge in [0.25, 0.3) is 0 Å². The van der Waals surface area contributed by atoms with Crippen molar-refractivity contribution in [1.82, 2.24) is 9.80 Å². The molecular weight excluding hydrogens is 346 g/mol. The van der Waals surface area contributed by atoms with Crippen molar-refractivity contribution in [3.05, 3.63) is 65.7 Å². The number of benzene rings is 2. The minimum Gasteiger partial charge on any atom is -0.370 e. The smallest absolute Gasteiger partial charge is 0.193 e. The van der Waals surface area contributed by atoms with Gasteiger partial charge in [-0.25, -0.2) is 0 Å². The first-order chi connectivity index (χ1) is 13.7. The molecule has 5 heteroatoms. The number of rotatable bonds is 8. The molecule has 0 spiro atoms. The minimum atomic E-state index is 0.498. The quantitative estimate of drug-likeness (QED) is 0.420. The third-order valence-electron chi connectivity index (χ3n) is 5.20. The normalized spacial score (nSPS) is 16.2. The highest BCUT2D eigenvalue weighted by Crippen LogP contribution is 2.10. The Labute approximate surface area is 169 Å². The maximum Gasteiger partial charge on any atom is 0.193 e. The van der Waals surface area contributed by atoms with Gasteiger partial charge in [-0.15, -0.1) is 0 Å². The van der Waals surface area contributed by atoms with Gasteiger partial charge in [0.05, 0.1) is 0 Å². The monoisotopic (exact) mass is 379 g/mol. The second-order valence-corrected chi connectivity index (χ2v) is 7.57. The summed E-state index contributed by atoms with van der Waals surface area (Å²) in [5, 5.41) is 3.15. The van der Waals surface area contributed by atoms with Gasteiger partial charge in [-0.05, 0) is 44.0 Å². The van der Waals surface area contributed by atoms with Crippen LogP contribution in [0.2, 0.25) is 0 Å². The van der Waals surface area contributed by atoms with E-state index in [-0.39, 0.29) is 0 Å². The van der Waals surface area contributed by atoms with Crippen LogP contribution in [0.5, 0.6) is 0 Å². The highest BCUT2D eigenvalue weighted by atomic mass is 15.3. The molecule has 0 atom stereocenters. The largest absolute Gasteiger partial charge is 0.370 e. The lowest BCUT2D eigenvalue weighted by Gasteiger charge is -2.34. The van der Waals surface area contributed by atoms with E-state index in [1.807, 2.05) is 12.1 Å². The van der Waals surface area contributed by atoms with E-state index in [0.717, 1.165) is 57.9 Å². The van der Waals surface area contributed by atoms with Crippen LogP contribution < -0.4 is 11.1 Å². The van der Waals surface area contributed by atoms with Crippen molar-refractivity contribution in [2.24, 2.45) is 10.7 Å². The van der Waals surface area contributed by atoms with E-state index >= 15 is 0 Å². The Bertz CT molecular complexity index is 718. The molecule has 5 nitrogen and oxygen atoms in total. The summed E-state index contributed by atoms with van der Waals surface area (Å²) in [7, 11) is 0. The van der Waals surface area contributed by atoms with Gasteiger partial charge in [0.15, 0.2) is 5.96 Å². The van der Waals surface area contributed by atoms with Gasteiger partial charge < -0.3 is 16.0 Å². The number of nitrogens with two attached hydrogens (primary N) is 1. The predicted molar refractivity (Wildman–Crippen MR) is 119 cm³/mol. The molecular formula is C23H33N5. The number of hydrogen-bond acceptors (Lipinski definition) is 3. The van der Waals surface area contributed by atoms with Gasteiger partial charge in [-0.2, -0.15) is 0 Å². The summed E-state index contributed by atoms with van der Waals surface area (Å²) in [6, 6.07) is 18.9. The summed E-state index contributed by atoms with van der Waals surface area (Å²) in [4.78, 5) is 9.56. The molecule has 0 bridgehead atoms. The van der Waals surface area contributed by atoms with E-state index in [2.05, 4.69) is 69.5 Å². The van der Waals surface area contributed by atoms with Crippen molar-refractivity contribution in [2.75, 3.05) is 44.6 Å². The van der Waals surface area contributed by atoms with Crippen LogP contribution in [-0.4, -0.2) is 55.0 Å². The van der Waals surface area contributed by atoms with Crippen LogP contribution in [0.4, 0.5) is 5.69 Å². The molecule has 28 heavy (non-hydrogen) atoms. The molecule has 1 aliphatic heterocycles. The van der Waals surface area contributed by atoms with Crippen LogP contribution in [0.15, 0.2) is 59.6 Å². The van der Waals surface area contributed by atoms with E-state index in [1.54, 1.807) is 0 Å². The molecule has 1 saturated heterocycles. The first-order valence-corrected chi connectivity index (χ1v) is 10.3. The number of aryl methyl sites for hydroxylation is 1. The molecule has 0 radical (unpaired) electrons. The summed E-state index contributed by atoms with van der Waals surface area (Å²) in [6.07, 6.45) is 2.24. The molecule has 0 saturated carbocycles. The van der Waals surface area contributed by atoms with Gasteiger partial charge >= 0.3 is 0 Å². The van der Waals surface area contributed by atoms with Gasteiger partial charge in [-0.3, -0.25) is 9.89 Å². The molecule has 2 aromatic rings.